The van der Waals surface area contributed by atoms with Gasteiger partial charge in [0.1, 0.15) is 18.1 Å². The van der Waals surface area contributed by atoms with E-state index in [4.69, 9.17) is 9.47 Å². The van der Waals surface area contributed by atoms with Crippen LogP contribution in [-0.2, 0) is 13.0 Å². The Bertz CT molecular complexity index is 911. The first-order chi connectivity index (χ1) is 14.3. The molecule has 0 radical (unpaired) electrons. The Morgan fingerprint density at radius 1 is 0.897 bits per heavy atom. The van der Waals surface area contributed by atoms with E-state index in [0.717, 1.165) is 35.7 Å². The first-order valence-electron chi connectivity index (χ1n) is 10.0. The summed E-state index contributed by atoms with van der Waals surface area (Å²) in [6, 6.07) is 26.7. The maximum absolute atomic E-state index is 9.94. The minimum atomic E-state index is 0.136. The van der Waals surface area contributed by atoms with Crippen molar-refractivity contribution in [3.05, 3.63) is 90.0 Å². The molecule has 2 atom stereocenters. The highest BCUT2D eigenvalue weighted by Gasteiger charge is 2.38. The molecule has 4 rings (SSSR count). The van der Waals surface area contributed by atoms with Crippen LogP contribution in [0.25, 0.3) is 0 Å². The lowest BCUT2D eigenvalue weighted by Crippen LogP contribution is -2.59. The van der Waals surface area contributed by atoms with Crippen LogP contribution in [0.5, 0.6) is 11.5 Å². The fraction of sp³-hybridized carbons (Fsp3) is 0.280. The number of benzene rings is 3. The molecule has 3 aromatic carbocycles. The van der Waals surface area contributed by atoms with Gasteiger partial charge in [-0.05, 0) is 53.9 Å². The van der Waals surface area contributed by atoms with Crippen molar-refractivity contribution < 1.29 is 14.6 Å². The molecule has 4 nitrogen and oxygen atoms in total. The number of aliphatic hydroxyl groups is 1. The average Bonchev–Trinajstić information content (AvgIpc) is 2.76. The molecule has 0 spiro atoms. The largest absolute Gasteiger partial charge is 0.497 e. The van der Waals surface area contributed by atoms with E-state index in [-0.39, 0.29) is 12.6 Å². The molecule has 1 heterocycles. The second-order valence-electron chi connectivity index (χ2n) is 7.49. The summed E-state index contributed by atoms with van der Waals surface area (Å²) in [4.78, 5) is 2.26. The lowest BCUT2D eigenvalue weighted by atomic mass is 9.83. The van der Waals surface area contributed by atoms with Gasteiger partial charge in [0.2, 0.25) is 0 Å². The van der Waals surface area contributed by atoms with Crippen LogP contribution in [0.15, 0.2) is 78.9 Å². The molecule has 1 N–H and O–H groups in total. The van der Waals surface area contributed by atoms with Crippen molar-refractivity contribution in [2.45, 2.75) is 19.1 Å². The Kier molecular flexibility index (Phi) is 6.01. The predicted octanol–water partition coefficient (Wildman–Crippen LogP) is 4.31. The number of aliphatic hydroxyl groups excluding tert-OH is 1. The van der Waals surface area contributed by atoms with Gasteiger partial charge in [-0.25, -0.2) is 0 Å². The van der Waals surface area contributed by atoms with Crippen LogP contribution in [0, 0.1) is 5.92 Å². The molecule has 0 saturated carbocycles. The zero-order valence-electron chi connectivity index (χ0n) is 16.7. The minimum Gasteiger partial charge on any atom is -0.497 e. The van der Waals surface area contributed by atoms with Gasteiger partial charge in [0.25, 0.3) is 0 Å². The molecule has 0 aromatic heterocycles. The van der Waals surface area contributed by atoms with Gasteiger partial charge in [0.05, 0.1) is 19.8 Å². The van der Waals surface area contributed by atoms with Crippen molar-refractivity contribution in [1.82, 2.24) is 0 Å². The van der Waals surface area contributed by atoms with E-state index in [1.165, 1.54) is 5.56 Å². The Morgan fingerprint density at radius 3 is 2.38 bits per heavy atom. The Balaban J connectivity index is 1.36. The Labute approximate surface area is 172 Å². The Hall–Kier alpha value is -2.98. The third kappa shape index (κ3) is 4.54. The van der Waals surface area contributed by atoms with Crippen molar-refractivity contribution in [2.24, 2.45) is 5.92 Å². The topological polar surface area (TPSA) is 41.9 Å². The van der Waals surface area contributed by atoms with E-state index >= 15 is 0 Å². The number of methoxy groups -OCH3 is 1. The van der Waals surface area contributed by atoms with E-state index in [9.17, 15) is 5.11 Å². The normalized spacial score (nSPS) is 18.2. The summed E-state index contributed by atoms with van der Waals surface area (Å²) >= 11 is 0. The molecule has 0 aliphatic carbocycles. The highest BCUT2D eigenvalue weighted by Crippen LogP contribution is 2.34. The van der Waals surface area contributed by atoms with Gasteiger partial charge in [-0.1, -0.05) is 42.5 Å². The number of nitrogens with zero attached hydrogens (tertiary/aromatic N) is 1. The molecule has 0 bridgehead atoms. The molecular weight excluding hydrogens is 362 g/mol. The zero-order valence-corrected chi connectivity index (χ0v) is 16.7. The summed E-state index contributed by atoms with van der Waals surface area (Å²) in [5.41, 5.74) is 3.53. The lowest BCUT2D eigenvalue weighted by molar-refractivity contribution is 0.170. The van der Waals surface area contributed by atoms with Gasteiger partial charge in [-0.15, -0.1) is 0 Å². The summed E-state index contributed by atoms with van der Waals surface area (Å²) in [5.74, 6) is 2.16. The van der Waals surface area contributed by atoms with E-state index in [1.54, 1.807) is 7.11 Å². The molecule has 150 valence electrons. The van der Waals surface area contributed by atoms with Gasteiger partial charge >= 0.3 is 0 Å². The van der Waals surface area contributed by atoms with Gasteiger partial charge in [0.15, 0.2) is 0 Å². The third-order valence-electron chi connectivity index (χ3n) is 5.61. The maximum atomic E-state index is 9.94. The molecule has 1 aliphatic rings. The third-order valence-corrected chi connectivity index (χ3v) is 5.61. The van der Waals surface area contributed by atoms with Crippen molar-refractivity contribution in [1.29, 1.82) is 0 Å². The average molecular weight is 389 g/mol. The second kappa shape index (κ2) is 9.01. The molecule has 3 aromatic rings. The number of hydrogen-bond donors (Lipinski definition) is 1. The molecule has 0 unspecified atom stereocenters. The summed E-state index contributed by atoms with van der Waals surface area (Å²) in [5, 5.41) is 9.94. The number of hydrogen-bond acceptors (Lipinski definition) is 4. The number of rotatable bonds is 8. The van der Waals surface area contributed by atoms with Crippen molar-refractivity contribution >= 4 is 5.69 Å². The monoisotopic (exact) mass is 389 g/mol. The van der Waals surface area contributed by atoms with E-state index < -0.39 is 0 Å². The number of ether oxygens (including phenoxy) is 2. The Morgan fingerprint density at radius 2 is 1.66 bits per heavy atom. The first kappa shape index (κ1) is 19.3. The fourth-order valence-electron chi connectivity index (χ4n) is 3.95. The molecular formula is C25H27NO3. The van der Waals surface area contributed by atoms with Crippen LogP contribution in [0.3, 0.4) is 0 Å². The smallest absolute Gasteiger partial charge is 0.120 e. The summed E-state index contributed by atoms with van der Waals surface area (Å²) < 4.78 is 11.2. The van der Waals surface area contributed by atoms with Gasteiger partial charge in [0, 0.05) is 18.2 Å². The van der Waals surface area contributed by atoms with E-state index in [0.29, 0.717) is 12.5 Å². The number of anilines is 1. The maximum Gasteiger partial charge on any atom is 0.120 e. The highest BCUT2D eigenvalue weighted by molar-refractivity contribution is 5.53. The van der Waals surface area contributed by atoms with Gasteiger partial charge in [-0.2, -0.15) is 0 Å². The predicted molar refractivity (Wildman–Crippen MR) is 116 cm³/mol. The van der Waals surface area contributed by atoms with Crippen LogP contribution in [0.4, 0.5) is 5.69 Å². The highest BCUT2D eigenvalue weighted by atomic mass is 16.5. The van der Waals surface area contributed by atoms with Gasteiger partial charge < -0.3 is 19.5 Å². The lowest BCUT2D eigenvalue weighted by Gasteiger charge is -2.49. The van der Waals surface area contributed by atoms with E-state index in [1.807, 2.05) is 42.5 Å². The van der Waals surface area contributed by atoms with Crippen LogP contribution in [0.1, 0.15) is 11.1 Å². The second-order valence-corrected chi connectivity index (χ2v) is 7.49. The summed E-state index contributed by atoms with van der Waals surface area (Å²) in [6.07, 6.45) is 0.931. The molecule has 1 saturated heterocycles. The molecule has 4 heteroatoms. The quantitative estimate of drug-likeness (QED) is 0.623. The first-order valence-corrected chi connectivity index (χ1v) is 10.0. The van der Waals surface area contributed by atoms with E-state index in [2.05, 4.69) is 41.3 Å². The summed E-state index contributed by atoms with van der Waals surface area (Å²) in [7, 11) is 1.67. The van der Waals surface area contributed by atoms with Crippen LogP contribution < -0.4 is 14.4 Å². The van der Waals surface area contributed by atoms with Gasteiger partial charge in [-0.3, -0.25) is 0 Å². The SMILES string of the molecule is COc1ccc(N2C[C@@H](Cc3cccc(OCc4ccccc4)c3)[C@H]2CO)cc1. The molecule has 0 amide bonds. The van der Waals surface area contributed by atoms with Crippen molar-refractivity contribution in [3.8, 4) is 11.5 Å². The van der Waals surface area contributed by atoms with Crippen LogP contribution >= 0.6 is 0 Å². The van der Waals surface area contributed by atoms with Crippen LogP contribution in [-0.4, -0.2) is 31.4 Å². The molecule has 29 heavy (non-hydrogen) atoms. The van der Waals surface area contributed by atoms with Crippen molar-refractivity contribution in [2.75, 3.05) is 25.2 Å². The zero-order chi connectivity index (χ0) is 20.1. The summed E-state index contributed by atoms with van der Waals surface area (Å²) in [6.45, 7) is 1.66. The fourth-order valence-corrected chi connectivity index (χ4v) is 3.95. The van der Waals surface area contributed by atoms with Crippen molar-refractivity contribution in [3.63, 3.8) is 0 Å². The molecule has 1 fully saturated rings. The minimum absolute atomic E-state index is 0.136. The molecule has 1 aliphatic heterocycles. The van der Waals surface area contributed by atoms with Crippen LogP contribution in [0.2, 0.25) is 0 Å². The standard InChI is InChI=1S/C25H27NO3/c1-28-23-12-10-22(11-13-23)26-16-21(25(26)17-27)14-20-8-5-9-24(15-20)29-18-19-6-3-2-4-7-19/h2-13,15,21,25,27H,14,16-18H2,1H3/t21-,25-/m1/s1.